The molecule has 0 aliphatic carbocycles. The van der Waals surface area contributed by atoms with E-state index in [2.05, 4.69) is 0 Å². The van der Waals surface area contributed by atoms with Crippen molar-refractivity contribution in [1.82, 2.24) is 9.80 Å². The minimum atomic E-state index is -0.788. The molecule has 118 valence electrons. The average Bonchev–Trinajstić information content (AvgIpc) is 2.93. The fourth-order valence-electron chi connectivity index (χ4n) is 3.23. The second-order valence-electron chi connectivity index (χ2n) is 5.99. The summed E-state index contributed by atoms with van der Waals surface area (Å²) in [5.74, 6) is -0.590. The second-order valence-corrected chi connectivity index (χ2v) is 5.99. The standard InChI is InChI=1S/C14H23N3O4/c15-14(21)17-6-1-2-11(9-17)13(20)16-7-5-10(8-16)3-4-12(18)19/h10-11H,1-9H2,(H2,15,21)(H,18,19). The van der Waals surface area contributed by atoms with Crippen LogP contribution in [0.15, 0.2) is 0 Å². The molecule has 0 radical (unpaired) electrons. The Kier molecular flexibility index (Phi) is 5.03. The van der Waals surface area contributed by atoms with Crippen molar-refractivity contribution in [1.29, 1.82) is 0 Å². The highest BCUT2D eigenvalue weighted by molar-refractivity contribution is 5.81. The van der Waals surface area contributed by atoms with Crippen molar-refractivity contribution in [3.63, 3.8) is 0 Å². The third-order valence-electron chi connectivity index (χ3n) is 4.45. The molecule has 7 nitrogen and oxygen atoms in total. The first-order valence-corrected chi connectivity index (χ1v) is 7.52. The first kappa shape index (κ1) is 15.6. The lowest BCUT2D eigenvalue weighted by Crippen LogP contribution is -2.48. The van der Waals surface area contributed by atoms with E-state index in [1.807, 2.05) is 4.90 Å². The van der Waals surface area contributed by atoms with E-state index in [4.69, 9.17) is 10.8 Å². The summed E-state index contributed by atoms with van der Waals surface area (Å²) in [5.41, 5.74) is 5.28. The number of hydrogen-bond donors (Lipinski definition) is 2. The summed E-state index contributed by atoms with van der Waals surface area (Å²) in [5, 5.41) is 8.70. The van der Waals surface area contributed by atoms with Crippen LogP contribution in [0, 0.1) is 11.8 Å². The SMILES string of the molecule is NC(=O)N1CCCC(C(=O)N2CCC(CCC(=O)O)C2)C1. The van der Waals surface area contributed by atoms with Gasteiger partial charge in [0, 0.05) is 32.6 Å². The van der Waals surface area contributed by atoms with Gasteiger partial charge in [-0.25, -0.2) is 4.79 Å². The van der Waals surface area contributed by atoms with Gasteiger partial charge in [-0.05, 0) is 31.6 Å². The molecule has 0 saturated carbocycles. The predicted molar refractivity (Wildman–Crippen MR) is 75.4 cm³/mol. The van der Waals surface area contributed by atoms with Gasteiger partial charge in [-0.1, -0.05) is 0 Å². The molecule has 2 rings (SSSR count). The van der Waals surface area contributed by atoms with Crippen molar-refractivity contribution in [2.75, 3.05) is 26.2 Å². The first-order chi connectivity index (χ1) is 9.97. The Morgan fingerprint density at radius 3 is 2.52 bits per heavy atom. The molecule has 0 bridgehead atoms. The van der Waals surface area contributed by atoms with Crippen molar-refractivity contribution in [2.45, 2.75) is 32.1 Å². The minimum absolute atomic E-state index is 0.0822. The Balaban J connectivity index is 1.83. The Morgan fingerprint density at radius 1 is 1.10 bits per heavy atom. The highest BCUT2D eigenvalue weighted by Crippen LogP contribution is 2.25. The molecule has 21 heavy (non-hydrogen) atoms. The summed E-state index contributed by atoms with van der Waals surface area (Å²) >= 11 is 0. The van der Waals surface area contributed by atoms with Gasteiger partial charge in [0.15, 0.2) is 0 Å². The number of carboxylic acid groups (broad SMARTS) is 1. The molecule has 0 aromatic carbocycles. The number of hydrogen-bond acceptors (Lipinski definition) is 3. The number of rotatable bonds is 4. The van der Waals surface area contributed by atoms with Crippen LogP contribution >= 0.6 is 0 Å². The van der Waals surface area contributed by atoms with Crippen molar-refractivity contribution in [3.05, 3.63) is 0 Å². The van der Waals surface area contributed by atoms with E-state index in [0.717, 1.165) is 19.3 Å². The zero-order chi connectivity index (χ0) is 15.4. The average molecular weight is 297 g/mol. The number of urea groups is 1. The van der Waals surface area contributed by atoms with Gasteiger partial charge in [0.1, 0.15) is 0 Å². The van der Waals surface area contributed by atoms with Crippen LogP contribution in [0.4, 0.5) is 4.79 Å². The van der Waals surface area contributed by atoms with E-state index < -0.39 is 12.0 Å². The molecular weight excluding hydrogens is 274 g/mol. The van der Waals surface area contributed by atoms with Crippen LogP contribution in [0.5, 0.6) is 0 Å². The van der Waals surface area contributed by atoms with Crippen molar-refractivity contribution < 1.29 is 19.5 Å². The minimum Gasteiger partial charge on any atom is -0.481 e. The first-order valence-electron chi connectivity index (χ1n) is 7.52. The summed E-state index contributed by atoms with van der Waals surface area (Å²) in [6.07, 6.45) is 3.24. The van der Waals surface area contributed by atoms with E-state index in [1.54, 1.807) is 0 Å². The molecule has 0 spiro atoms. The molecule has 2 atom stereocenters. The summed E-state index contributed by atoms with van der Waals surface area (Å²) < 4.78 is 0. The molecule has 2 unspecified atom stereocenters. The van der Waals surface area contributed by atoms with Crippen LogP contribution in [-0.4, -0.2) is 59.0 Å². The van der Waals surface area contributed by atoms with Crippen LogP contribution in [0.2, 0.25) is 0 Å². The Morgan fingerprint density at radius 2 is 1.86 bits per heavy atom. The lowest BCUT2D eigenvalue weighted by molar-refractivity contribution is -0.137. The van der Waals surface area contributed by atoms with Gasteiger partial charge in [0.05, 0.1) is 5.92 Å². The van der Waals surface area contributed by atoms with Crippen molar-refractivity contribution in [2.24, 2.45) is 17.6 Å². The van der Waals surface area contributed by atoms with E-state index in [-0.39, 0.29) is 24.2 Å². The number of likely N-dealkylation sites (tertiary alicyclic amines) is 2. The second kappa shape index (κ2) is 6.78. The normalized spacial score (nSPS) is 25.9. The highest BCUT2D eigenvalue weighted by atomic mass is 16.4. The molecule has 2 saturated heterocycles. The van der Waals surface area contributed by atoms with Crippen LogP contribution in [0.3, 0.4) is 0 Å². The van der Waals surface area contributed by atoms with Gasteiger partial charge in [-0.15, -0.1) is 0 Å². The Bertz CT molecular complexity index is 426. The topological polar surface area (TPSA) is 104 Å². The molecule has 2 aliphatic heterocycles. The highest BCUT2D eigenvalue weighted by Gasteiger charge is 2.34. The Labute approximate surface area is 124 Å². The largest absolute Gasteiger partial charge is 0.481 e. The fourth-order valence-corrected chi connectivity index (χ4v) is 3.23. The molecule has 0 aromatic rings. The number of nitrogens with zero attached hydrogens (tertiary/aromatic N) is 2. The third kappa shape index (κ3) is 4.09. The van der Waals surface area contributed by atoms with Crippen molar-refractivity contribution in [3.8, 4) is 0 Å². The number of carbonyl (C=O) groups is 3. The lowest BCUT2D eigenvalue weighted by Gasteiger charge is -2.33. The molecular formula is C14H23N3O4. The summed E-state index contributed by atoms with van der Waals surface area (Å²) in [6, 6.07) is -0.465. The number of piperidine rings is 1. The summed E-state index contributed by atoms with van der Waals surface area (Å²) in [4.78, 5) is 37.6. The molecule has 0 aromatic heterocycles. The van der Waals surface area contributed by atoms with Gasteiger partial charge >= 0.3 is 12.0 Å². The molecule has 7 heteroatoms. The third-order valence-corrected chi connectivity index (χ3v) is 4.45. The molecule has 2 heterocycles. The van der Waals surface area contributed by atoms with Gasteiger partial charge < -0.3 is 20.6 Å². The van der Waals surface area contributed by atoms with Crippen molar-refractivity contribution >= 4 is 17.9 Å². The number of carbonyl (C=O) groups excluding carboxylic acids is 2. The number of nitrogens with two attached hydrogens (primary N) is 1. The van der Waals surface area contributed by atoms with E-state index >= 15 is 0 Å². The lowest BCUT2D eigenvalue weighted by atomic mass is 9.96. The van der Waals surface area contributed by atoms with E-state index in [1.165, 1.54) is 4.90 Å². The predicted octanol–water partition coefficient (Wildman–Crippen LogP) is 0.490. The zero-order valence-corrected chi connectivity index (χ0v) is 12.2. The van der Waals surface area contributed by atoms with E-state index in [9.17, 15) is 14.4 Å². The summed E-state index contributed by atoms with van der Waals surface area (Å²) in [6.45, 7) is 2.36. The summed E-state index contributed by atoms with van der Waals surface area (Å²) in [7, 11) is 0. The molecule has 3 amide bonds. The van der Waals surface area contributed by atoms with Gasteiger partial charge in [0.25, 0.3) is 0 Å². The fraction of sp³-hybridized carbons (Fsp3) is 0.786. The maximum atomic E-state index is 12.5. The molecule has 3 N–H and O–H groups in total. The maximum absolute atomic E-state index is 12.5. The number of primary amides is 1. The van der Waals surface area contributed by atoms with Crippen LogP contribution in [0.1, 0.15) is 32.1 Å². The zero-order valence-electron chi connectivity index (χ0n) is 12.2. The monoisotopic (exact) mass is 297 g/mol. The maximum Gasteiger partial charge on any atom is 0.314 e. The quantitative estimate of drug-likeness (QED) is 0.788. The number of amides is 3. The van der Waals surface area contributed by atoms with Crippen LogP contribution in [0.25, 0.3) is 0 Å². The van der Waals surface area contributed by atoms with Gasteiger partial charge in [-0.3, -0.25) is 9.59 Å². The smallest absolute Gasteiger partial charge is 0.314 e. The molecule has 2 aliphatic rings. The van der Waals surface area contributed by atoms with Gasteiger partial charge in [0.2, 0.25) is 5.91 Å². The van der Waals surface area contributed by atoms with Crippen LogP contribution < -0.4 is 5.73 Å². The molecule has 2 fully saturated rings. The van der Waals surface area contributed by atoms with Gasteiger partial charge in [-0.2, -0.15) is 0 Å². The van der Waals surface area contributed by atoms with Crippen LogP contribution in [-0.2, 0) is 9.59 Å². The van der Waals surface area contributed by atoms with E-state index in [0.29, 0.717) is 32.6 Å². The Hall–Kier alpha value is -1.79. The number of carboxylic acids is 1. The number of aliphatic carboxylic acids is 1.